The third kappa shape index (κ3) is 4.44. The number of urea groups is 1. The highest BCUT2D eigenvalue weighted by atomic mass is 32.1. The second-order valence-electron chi connectivity index (χ2n) is 7.51. The van der Waals surface area contributed by atoms with Gasteiger partial charge in [0, 0.05) is 19.6 Å². The molecule has 0 atom stereocenters. The number of hydrazine groups is 1. The maximum Gasteiger partial charge on any atom is 0.344 e. The van der Waals surface area contributed by atoms with E-state index < -0.39 is 11.6 Å². The highest BCUT2D eigenvalue weighted by Crippen LogP contribution is 2.35. The summed E-state index contributed by atoms with van der Waals surface area (Å²) in [5.74, 6) is 0.383. The molecule has 0 aromatic carbocycles. The normalized spacial score (nSPS) is 29.7. The molecular formula is C17H29N5O3S. The van der Waals surface area contributed by atoms with E-state index >= 15 is 0 Å². The average molecular weight is 384 g/mol. The van der Waals surface area contributed by atoms with Gasteiger partial charge in [0.2, 0.25) is 0 Å². The van der Waals surface area contributed by atoms with E-state index in [1.165, 1.54) is 0 Å². The van der Waals surface area contributed by atoms with Gasteiger partial charge in [0.05, 0.1) is 13.2 Å². The van der Waals surface area contributed by atoms with Crippen molar-refractivity contribution in [1.29, 1.82) is 0 Å². The van der Waals surface area contributed by atoms with E-state index in [0.717, 1.165) is 57.1 Å². The molecule has 1 spiro atoms. The smallest absolute Gasteiger partial charge is 0.344 e. The fraction of sp³-hybridized carbons (Fsp3) is 0.824. The molecule has 26 heavy (non-hydrogen) atoms. The van der Waals surface area contributed by atoms with E-state index in [9.17, 15) is 9.59 Å². The summed E-state index contributed by atoms with van der Waals surface area (Å²) in [5.41, 5.74) is 2.01. The number of imide groups is 1. The molecule has 1 saturated carbocycles. The standard InChI is InChI=1S/C17H29N5O3S/c1-13-3-5-17(6-4-13)14(23)22(16(24)19-17)20-15(26)18-7-2-8-21-9-11-25-12-10-21/h13H,2-12H2,1H3,(H,19,24)(H2,18,20,26). The predicted octanol–water partition coefficient (Wildman–Crippen LogP) is 0.589. The molecule has 3 N–H and O–H groups in total. The van der Waals surface area contributed by atoms with E-state index in [4.69, 9.17) is 17.0 Å². The molecule has 2 aliphatic heterocycles. The summed E-state index contributed by atoms with van der Waals surface area (Å²) in [4.78, 5) is 27.3. The number of carbonyl (C=O) groups excluding carboxylic acids is 2. The second-order valence-corrected chi connectivity index (χ2v) is 7.92. The molecule has 0 unspecified atom stereocenters. The molecule has 3 rings (SSSR count). The van der Waals surface area contributed by atoms with E-state index in [1.807, 2.05) is 0 Å². The van der Waals surface area contributed by atoms with Crippen LogP contribution in [0.4, 0.5) is 4.79 Å². The summed E-state index contributed by atoms with van der Waals surface area (Å²) in [6.07, 6.45) is 4.21. The number of hydrogen-bond acceptors (Lipinski definition) is 5. The van der Waals surface area contributed by atoms with Crippen LogP contribution in [0.2, 0.25) is 0 Å². The van der Waals surface area contributed by atoms with Crippen LogP contribution in [0, 0.1) is 5.92 Å². The lowest BCUT2D eigenvalue weighted by molar-refractivity contribution is -0.133. The van der Waals surface area contributed by atoms with Crippen LogP contribution < -0.4 is 16.1 Å². The average Bonchev–Trinajstić information content (AvgIpc) is 2.87. The summed E-state index contributed by atoms with van der Waals surface area (Å²) >= 11 is 5.25. The largest absolute Gasteiger partial charge is 0.379 e. The number of rotatable bonds is 5. The van der Waals surface area contributed by atoms with Crippen LogP contribution in [0.15, 0.2) is 0 Å². The summed E-state index contributed by atoms with van der Waals surface area (Å²) < 4.78 is 5.33. The summed E-state index contributed by atoms with van der Waals surface area (Å²) in [6.45, 7) is 7.36. The molecule has 0 aromatic rings. The van der Waals surface area contributed by atoms with Gasteiger partial charge in [0.25, 0.3) is 5.91 Å². The second kappa shape index (κ2) is 8.49. The third-order valence-corrected chi connectivity index (χ3v) is 5.78. The Morgan fingerprint density at radius 1 is 1.31 bits per heavy atom. The SMILES string of the molecule is CC1CCC2(CC1)NC(=O)N(NC(=S)NCCCN1CCOCC1)C2=O. The van der Waals surface area contributed by atoms with Gasteiger partial charge in [-0.3, -0.25) is 15.1 Å². The Balaban J connectivity index is 1.41. The lowest BCUT2D eigenvalue weighted by atomic mass is 9.77. The number of ether oxygens (including phenoxy) is 1. The quantitative estimate of drug-likeness (QED) is 0.364. The highest BCUT2D eigenvalue weighted by molar-refractivity contribution is 7.80. The van der Waals surface area contributed by atoms with Crippen LogP contribution >= 0.6 is 12.2 Å². The predicted molar refractivity (Wildman–Crippen MR) is 101 cm³/mol. The zero-order chi connectivity index (χ0) is 18.6. The van der Waals surface area contributed by atoms with E-state index in [-0.39, 0.29) is 5.91 Å². The number of nitrogens with zero attached hydrogens (tertiary/aromatic N) is 2. The van der Waals surface area contributed by atoms with Crippen LogP contribution in [-0.2, 0) is 9.53 Å². The van der Waals surface area contributed by atoms with Crippen molar-refractivity contribution in [3.63, 3.8) is 0 Å². The first-order chi connectivity index (χ1) is 12.5. The number of amides is 3. The van der Waals surface area contributed by atoms with Crippen molar-refractivity contribution < 1.29 is 14.3 Å². The van der Waals surface area contributed by atoms with Crippen LogP contribution in [0.3, 0.4) is 0 Å². The first-order valence-electron chi connectivity index (χ1n) is 9.51. The molecule has 8 nitrogen and oxygen atoms in total. The van der Waals surface area contributed by atoms with Crippen molar-refractivity contribution in [2.45, 2.75) is 44.6 Å². The maximum atomic E-state index is 12.7. The molecule has 0 radical (unpaired) electrons. The molecule has 2 heterocycles. The lowest BCUT2D eigenvalue weighted by Crippen LogP contribution is -2.53. The summed E-state index contributed by atoms with van der Waals surface area (Å²) in [7, 11) is 0. The van der Waals surface area contributed by atoms with E-state index in [1.54, 1.807) is 0 Å². The van der Waals surface area contributed by atoms with Crippen molar-refractivity contribution in [3.8, 4) is 0 Å². The Labute approximate surface area is 159 Å². The molecule has 1 aliphatic carbocycles. The fourth-order valence-corrected chi connectivity index (χ4v) is 3.98. The van der Waals surface area contributed by atoms with Gasteiger partial charge in [0.15, 0.2) is 5.11 Å². The fourth-order valence-electron chi connectivity index (χ4n) is 3.79. The number of thiocarbonyl (C=S) groups is 1. The molecular weight excluding hydrogens is 354 g/mol. The molecule has 0 aromatic heterocycles. The first kappa shape index (κ1) is 19.3. The van der Waals surface area contributed by atoms with E-state index in [2.05, 4.69) is 27.9 Å². The molecule has 3 amide bonds. The number of carbonyl (C=O) groups is 2. The molecule has 3 fully saturated rings. The lowest BCUT2D eigenvalue weighted by Gasteiger charge is -2.33. The zero-order valence-electron chi connectivity index (χ0n) is 15.4. The summed E-state index contributed by atoms with van der Waals surface area (Å²) in [6, 6.07) is -0.415. The van der Waals surface area contributed by atoms with Gasteiger partial charge >= 0.3 is 6.03 Å². The van der Waals surface area contributed by atoms with E-state index in [0.29, 0.717) is 30.4 Å². The molecule has 3 aliphatic rings. The van der Waals surface area contributed by atoms with Crippen molar-refractivity contribution in [2.75, 3.05) is 39.4 Å². The minimum Gasteiger partial charge on any atom is -0.379 e. The van der Waals surface area contributed by atoms with Gasteiger partial charge in [-0.25, -0.2) is 4.79 Å². The Bertz CT molecular complexity index is 545. The monoisotopic (exact) mass is 383 g/mol. The Hall–Kier alpha value is -1.45. The van der Waals surface area contributed by atoms with Crippen LogP contribution in [0.25, 0.3) is 0 Å². The van der Waals surface area contributed by atoms with Crippen LogP contribution in [0.1, 0.15) is 39.0 Å². The zero-order valence-corrected chi connectivity index (χ0v) is 16.2. The number of nitrogens with one attached hydrogen (secondary N) is 3. The van der Waals surface area contributed by atoms with Crippen molar-refractivity contribution in [1.82, 2.24) is 26.0 Å². The van der Waals surface area contributed by atoms with Gasteiger partial charge in [-0.15, -0.1) is 0 Å². The minimum atomic E-state index is -0.747. The molecule has 9 heteroatoms. The topological polar surface area (TPSA) is 85.9 Å². The van der Waals surface area contributed by atoms with Gasteiger partial charge < -0.3 is 15.4 Å². The van der Waals surface area contributed by atoms with Gasteiger partial charge in [0.1, 0.15) is 5.54 Å². The van der Waals surface area contributed by atoms with Crippen molar-refractivity contribution in [3.05, 3.63) is 0 Å². The number of morpholine rings is 1. The number of hydrogen-bond donors (Lipinski definition) is 3. The minimum absolute atomic E-state index is 0.216. The van der Waals surface area contributed by atoms with Gasteiger partial charge in [-0.2, -0.15) is 5.01 Å². The maximum absolute atomic E-state index is 12.7. The first-order valence-corrected chi connectivity index (χ1v) is 9.92. The Kier molecular flexibility index (Phi) is 6.31. The Morgan fingerprint density at radius 3 is 2.69 bits per heavy atom. The van der Waals surface area contributed by atoms with Crippen LogP contribution in [-0.4, -0.2) is 71.9 Å². The molecule has 0 bridgehead atoms. The molecule has 2 saturated heterocycles. The van der Waals surface area contributed by atoms with Crippen molar-refractivity contribution in [2.24, 2.45) is 5.92 Å². The van der Waals surface area contributed by atoms with Gasteiger partial charge in [-0.05, 0) is 56.8 Å². The summed E-state index contributed by atoms with van der Waals surface area (Å²) in [5, 5.41) is 7.29. The Morgan fingerprint density at radius 2 is 2.00 bits per heavy atom. The van der Waals surface area contributed by atoms with Crippen LogP contribution in [0.5, 0.6) is 0 Å². The highest BCUT2D eigenvalue weighted by Gasteiger charge is 2.52. The van der Waals surface area contributed by atoms with Crippen molar-refractivity contribution >= 4 is 29.3 Å². The van der Waals surface area contributed by atoms with Gasteiger partial charge in [-0.1, -0.05) is 6.92 Å². The third-order valence-electron chi connectivity index (χ3n) is 5.54. The molecule has 146 valence electrons.